The third kappa shape index (κ3) is 4.05. The second-order valence-corrected chi connectivity index (χ2v) is 12.3. The highest BCUT2D eigenvalue weighted by atomic mass is 32.2. The average molecular weight is 429 g/mol. The average Bonchev–Trinajstić information content (AvgIpc) is 3.09. The van der Waals surface area contributed by atoms with Crippen molar-refractivity contribution in [1.82, 2.24) is 4.98 Å². The van der Waals surface area contributed by atoms with Gasteiger partial charge in [-0.3, -0.25) is 0 Å². The number of nitrogens with zero attached hydrogens (tertiary/aromatic N) is 2. The van der Waals surface area contributed by atoms with Gasteiger partial charge >= 0.3 is 0 Å². The molecule has 1 atom stereocenters. The van der Waals surface area contributed by atoms with Gasteiger partial charge in [0.15, 0.2) is 5.03 Å². The molecule has 0 radical (unpaired) electrons. The van der Waals surface area contributed by atoms with Crippen LogP contribution in [-0.4, -0.2) is 40.7 Å². The summed E-state index contributed by atoms with van der Waals surface area (Å²) in [6.45, 7) is 6.93. The number of benzene rings is 1. The summed E-state index contributed by atoms with van der Waals surface area (Å²) in [5, 5.41) is 0.298. The van der Waals surface area contributed by atoms with Crippen molar-refractivity contribution < 1.29 is 16.8 Å². The molecule has 1 aromatic carbocycles. The highest BCUT2D eigenvalue weighted by Gasteiger charge is 2.33. The molecule has 0 saturated carbocycles. The SMILES string of the molecule is CCS(=O)(=O)c1nc(S(=O)(=O)c2ccc(C)cc2)c(N2CCC[C@@H](C)C2)s1. The van der Waals surface area contributed by atoms with Crippen molar-refractivity contribution in [3.8, 4) is 0 Å². The Balaban J connectivity index is 2.16. The largest absolute Gasteiger partial charge is 0.361 e. The van der Waals surface area contributed by atoms with Gasteiger partial charge in [0.05, 0.1) is 10.6 Å². The molecule has 1 aliphatic rings. The number of hydrogen-bond donors (Lipinski definition) is 0. The molecule has 1 saturated heterocycles. The standard InChI is InChI=1S/C18H24N2O4S3/c1-4-26(21,22)18-19-16(17(25-18)20-11-5-6-14(3)12-20)27(23,24)15-9-7-13(2)8-10-15/h7-10,14H,4-6,11-12H2,1-3H3/t14-/m1/s1. The molecule has 0 unspecified atom stereocenters. The molecular formula is C18H24N2O4S3. The second kappa shape index (κ2) is 7.52. The summed E-state index contributed by atoms with van der Waals surface area (Å²) in [6, 6.07) is 6.54. The Labute approximate surface area is 165 Å². The van der Waals surface area contributed by atoms with E-state index in [4.69, 9.17) is 0 Å². The first-order valence-electron chi connectivity index (χ1n) is 8.95. The number of rotatable bonds is 5. The van der Waals surface area contributed by atoms with E-state index in [-0.39, 0.29) is 20.0 Å². The molecule has 9 heteroatoms. The van der Waals surface area contributed by atoms with Gasteiger partial charge in [-0.05, 0) is 37.8 Å². The van der Waals surface area contributed by atoms with Gasteiger partial charge in [-0.2, -0.15) is 0 Å². The monoisotopic (exact) mass is 428 g/mol. The van der Waals surface area contributed by atoms with Gasteiger partial charge in [-0.25, -0.2) is 21.8 Å². The molecule has 1 aromatic heterocycles. The van der Waals surface area contributed by atoms with E-state index in [1.165, 1.54) is 6.92 Å². The van der Waals surface area contributed by atoms with E-state index in [1.807, 2.05) is 11.8 Å². The molecule has 0 N–H and O–H groups in total. The lowest BCUT2D eigenvalue weighted by molar-refractivity contribution is 0.446. The minimum atomic E-state index is -3.91. The van der Waals surface area contributed by atoms with E-state index in [1.54, 1.807) is 24.3 Å². The Bertz CT molecular complexity index is 1030. The lowest BCUT2D eigenvalue weighted by Gasteiger charge is -2.31. The van der Waals surface area contributed by atoms with Crippen LogP contribution in [0.1, 0.15) is 32.3 Å². The van der Waals surface area contributed by atoms with Crippen LogP contribution in [0.3, 0.4) is 0 Å². The van der Waals surface area contributed by atoms with Crippen molar-refractivity contribution in [1.29, 1.82) is 0 Å². The van der Waals surface area contributed by atoms with Crippen LogP contribution in [0.2, 0.25) is 0 Å². The fourth-order valence-electron chi connectivity index (χ4n) is 3.11. The number of anilines is 1. The molecule has 148 valence electrons. The quantitative estimate of drug-likeness (QED) is 0.726. The predicted molar refractivity (Wildman–Crippen MR) is 107 cm³/mol. The van der Waals surface area contributed by atoms with E-state index in [2.05, 4.69) is 11.9 Å². The van der Waals surface area contributed by atoms with Crippen LogP contribution in [0.4, 0.5) is 5.00 Å². The Kier molecular flexibility index (Phi) is 5.65. The van der Waals surface area contributed by atoms with E-state index < -0.39 is 19.7 Å². The van der Waals surface area contributed by atoms with Crippen LogP contribution in [0.25, 0.3) is 0 Å². The van der Waals surface area contributed by atoms with E-state index in [9.17, 15) is 16.8 Å². The number of sulfone groups is 2. The smallest absolute Gasteiger partial charge is 0.226 e. The van der Waals surface area contributed by atoms with Crippen LogP contribution in [0.5, 0.6) is 0 Å². The third-order valence-corrected chi connectivity index (χ3v) is 9.86. The van der Waals surface area contributed by atoms with Crippen molar-refractivity contribution in [2.45, 2.75) is 47.9 Å². The van der Waals surface area contributed by atoms with Crippen molar-refractivity contribution in [3.63, 3.8) is 0 Å². The van der Waals surface area contributed by atoms with Crippen molar-refractivity contribution in [3.05, 3.63) is 29.8 Å². The normalized spacial score (nSPS) is 18.6. The lowest BCUT2D eigenvalue weighted by Crippen LogP contribution is -2.34. The van der Waals surface area contributed by atoms with E-state index in [0.717, 1.165) is 29.7 Å². The third-order valence-electron chi connectivity index (χ3n) is 4.74. The summed E-state index contributed by atoms with van der Waals surface area (Å²) < 4.78 is 51.1. The first-order chi connectivity index (χ1) is 12.6. The van der Waals surface area contributed by atoms with E-state index in [0.29, 0.717) is 24.0 Å². The Morgan fingerprint density at radius 3 is 2.44 bits per heavy atom. The zero-order chi connectivity index (χ0) is 19.8. The Morgan fingerprint density at radius 1 is 1.19 bits per heavy atom. The van der Waals surface area contributed by atoms with Gasteiger partial charge in [-0.15, -0.1) is 0 Å². The minimum Gasteiger partial charge on any atom is -0.361 e. The van der Waals surface area contributed by atoms with Crippen LogP contribution in [-0.2, 0) is 19.7 Å². The molecule has 2 heterocycles. The predicted octanol–water partition coefficient (Wildman–Crippen LogP) is 3.31. The maximum Gasteiger partial charge on any atom is 0.226 e. The van der Waals surface area contributed by atoms with Gasteiger partial charge in [0.1, 0.15) is 5.00 Å². The summed E-state index contributed by atoms with van der Waals surface area (Å²) in [5.74, 6) is 0.308. The number of thiazole rings is 1. The molecular weight excluding hydrogens is 404 g/mol. The highest BCUT2D eigenvalue weighted by molar-refractivity contribution is 7.94. The summed E-state index contributed by atoms with van der Waals surface area (Å²) in [6.07, 6.45) is 2.02. The molecule has 0 bridgehead atoms. The van der Waals surface area contributed by atoms with Crippen LogP contribution in [0, 0.1) is 12.8 Å². The number of hydrogen-bond acceptors (Lipinski definition) is 7. The fraction of sp³-hybridized carbons (Fsp3) is 0.500. The summed E-state index contributed by atoms with van der Waals surface area (Å²) in [4.78, 5) is 6.23. The lowest BCUT2D eigenvalue weighted by atomic mass is 10.0. The Morgan fingerprint density at radius 2 is 1.85 bits per heavy atom. The molecule has 6 nitrogen and oxygen atoms in total. The molecule has 0 aliphatic carbocycles. The van der Waals surface area contributed by atoms with Gasteiger partial charge in [-0.1, -0.05) is 42.9 Å². The molecule has 0 spiro atoms. The molecule has 1 fully saturated rings. The first-order valence-corrected chi connectivity index (χ1v) is 12.9. The van der Waals surface area contributed by atoms with Crippen LogP contribution >= 0.6 is 11.3 Å². The van der Waals surface area contributed by atoms with Gasteiger partial charge in [0, 0.05) is 13.1 Å². The second-order valence-electron chi connectivity index (χ2n) is 7.00. The minimum absolute atomic E-state index is 0.111. The maximum atomic E-state index is 13.2. The summed E-state index contributed by atoms with van der Waals surface area (Å²) in [7, 11) is -7.49. The molecule has 2 aromatic rings. The van der Waals surface area contributed by atoms with Crippen molar-refractivity contribution in [2.75, 3.05) is 23.7 Å². The zero-order valence-corrected chi connectivity index (χ0v) is 18.1. The number of aromatic nitrogens is 1. The summed E-state index contributed by atoms with van der Waals surface area (Å²) in [5.41, 5.74) is 0.951. The Hall–Kier alpha value is -1.45. The van der Waals surface area contributed by atoms with Crippen LogP contribution < -0.4 is 4.90 Å². The van der Waals surface area contributed by atoms with Gasteiger partial charge < -0.3 is 4.90 Å². The first kappa shape index (κ1) is 20.3. The molecule has 0 amide bonds. The molecule has 27 heavy (non-hydrogen) atoms. The summed E-state index contributed by atoms with van der Waals surface area (Å²) >= 11 is 0.972. The molecule has 1 aliphatic heterocycles. The van der Waals surface area contributed by atoms with E-state index >= 15 is 0 Å². The highest BCUT2D eigenvalue weighted by Crippen LogP contribution is 2.39. The van der Waals surface area contributed by atoms with Crippen molar-refractivity contribution >= 4 is 36.0 Å². The van der Waals surface area contributed by atoms with Crippen molar-refractivity contribution in [2.24, 2.45) is 5.92 Å². The van der Waals surface area contributed by atoms with Crippen LogP contribution in [0.15, 0.2) is 38.5 Å². The fourth-order valence-corrected chi connectivity index (χ4v) is 7.28. The zero-order valence-electron chi connectivity index (χ0n) is 15.7. The number of aryl methyl sites for hydroxylation is 1. The van der Waals surface area contributed by atoms with Gasteiger partial charge in [0.25, 0.3) is 0 Å². The molecule has 3 rings (SSSR count). The maximum absolute atomic E-state index is 13.2. The number of piperidine rings is 1. The van der Waals surface area contributed by atoms with Gasteiger partial charge in [0.2, 0.25) is 24.0 Å². The topological polar surface area (TPSA) is 84.4 Å².